The van der Waals surface area contributed by atoms with Gasteiger partial charge in [0.1, 0.15) is 5.82 Å². The number of hydrogen-bond donors (Lipinski definition) is 1. The Bertz CT molecular complexity index is 578. The van der Waals surface area contributed by atoms with Crippen LogP contribution in [0.25, 0.3) is 0 Å². The molecule has 2 aromatic rings. The third-order valence-electron chi connectivity index (χ3n) is 3.06. The van der Waals surface area contributed by atoms with Gasteiger partial charge in [0, 0.05) is 16.5 Å². The monoisotopic (exact) mass is 298 g/mol. The Balaban J connectivity index is 2.31. The van der Waals surface area contributed by atoms with Crippen LogP contribution >= 0.6 is 23.2 Å². The molecule has 4 heteroatoms. The van der Waals surface area contributed by atoms with Crippen LogP contribution in [0, 0.1) is 12.7 Å². The molecule has 0 fully saturated rings. The quantitative estimate of drug-likeness (QED) is 0.869. The van der Waals surface area contributed by atoms with Crippen molar-refractivity contribution in [2.24, 2.45) is 0 Å². The number of aliphatic hydroxyl groups excluding tert-OH is 1. The first kappa shape index (κ1) is 14.3. The van der Waals surface area contributed by atoms with Crippen molar-refractivity contribution < 1.29 is 9.50 Å². The standard InChI is InChI=1S/C15H13Cl2FO/c1-9-5-6-10(18)7-11(9)15(19)8-12-13(16)3-2-4-14(12)17/h2-7,15,19H,8H2,1H3. The summed E-state index contributed by atoms with van der Waals surface area (Å²) < 4.78 is 13.2. The second-order valence-corrected chi connectivity index (χ2v) is 5.24. The summed E-state index contributed by atoms with van der Waals surface area (Å²) in [5.74, 6) is -0.370. The number of hydrogen-bond acceptors (Lipinski definition) is 1. The smallest absolute Gasteiger partial charge is 0.123 e. The third-order valence-corrected chi connectivity index (χ3v) is 3.77. The van der Waals surface area contributed by atoms with Gasteiger partial charge in [0.2, 0.25) is 0 Å². The topological polar surface area (TPSA) is 20.2 Å². The van der Waals surface area contributed by atoms with Crippen molar-refractivity contribution in [3.63, 3.8) is 0 Å². The number of aryl methyl sites for hydroxylation is 1. The van der Waals surface area contributed by atoms with Crippen LogP contribution in [0.5, 0.6) is 0 Å². The van der Waals surface area contributed by atoms with E-state index in [-0.39, 0.29) is 12.2 Å². The Morgan fingerprint density at radius 1 is 1.16 bits per heavy atom. The molecule has 0 aliphatic carbocycles. The van der Waals surface area contributed by atoms with E-state index in [1.54, 1.807) is 24.3 Å². The number of aliphatic hydroxyl groups is 1. The van der Waals surface area contributed by atoms with E-state index in [4.69, 9.17) is 23.2 Å². The Hall–Kier alpha value is -1.09. The normalized spacial score (nSPS) is 12.5. The van der Waals surface area contributed by atoms with Crippen LogP contribution in [0.1, 0.15) is 22.8 Å². The Labute approximate surface area is 121 Å². The maximum Gasteiger partial charge on any atom is 0.123 e. The Morgan fingerprint density at radius 3 is 2.42 bits per heavy atom. The minimum atomic E-state index is -0.840. The van der Waals surface area contributed by atoms with Gasteiger partial charge >= 0.3 is 0 Å². The molecule has 1 unspecified atom stereocenters. The summed E-state index contributed by atoms with van der Waals surface area (Å²) in [7, 11) is 0. The molecule has 1 nitrogen and oxygen atoms in total. The van der Waals surface area contributed by atoms with Gasteiger partial charge in [-0.05, 0) is 47.9 Å². The predicted octanol–water partition coefficient (Wildman–Crippen LogP) is 4.72. The minimum absolute atomic E-state index is 0.253. The highest BCUT2D eigenvalue weighted by Crippen LogP contribution is 2.30. The van der Waals surface area contributed by atoms with E-state index in [9.17, 15) is 9.50 Å². The van der Waals surface area contributed by atoms with Crippen LogP contribution in [0.4, 0.5) is 4.39 Å². The lowest BCUT2D eigenvalue weighted by Crippen LogP contribution is -2.05. The molecule has 1 atom stereocenters. The van der Waals surface area contributed by atoms with E-state index in [0.29, 0.717) is 21.2 Å². The summed E-state index contributed by atoms with van der Waals surface area (Å²) in [6.07, 6.45) is -0.587. The molecule has 0 saturated carbocycles. The molecule has 0 heterocycles. The highest BCUT2D eigenvalue weighted by Gasteiger charge is 2.15. The molecule has 100 valence electrons. The molecule has 2 aromatic carbocycles. The van der Waals surface area contributed by atoms with Crippen LogP contribution in [0.2, 0.25) is 10.0 Å². The lowest BCUT2D eigenvalue weighted by Gasteiger charge is -2.15. The largest absolute Gasteiger partial charge is 0.388 e. The lowest BCUT2D eigenvalue weighted by atomic mass is 9.97. The van der Waals surface area contributed by atoms with Crippen molar-refractivity contribution in [2.75, 3.05) is 0 Å². The van der Waals surface area contributed by atoms with Gasteiger partial charge in [-0.1, -0.05) is 35.3 Å². The average molecular weight is 299 g/mol. The van der Waals surface area contributed by atoms with E-state index in [1.165, 1.54) is 12.1 Å². The molecule has 1 N–H and O–H groups in total. The molecule has 0 radical (unpaired) electrons. The summed E-state index contributed by atoms with van der Waals surface area (Å²) in [4.78, 5) is 0. The predicted molar refractivity (Wildman–Crippen MR) is 76.3 cm³/mol. The van der Waals surface area contributed by atoms with Gasteiger partial charge in [-0.3, -0.25) is 0 Å². The fraction of sp³-hybridized carbons (Fsp3) is 0.200. The SMILES string of the molecule is Cc1ccc(F)cc1C(O)Cc1c(Cl)cccc1Cl. The van der Waals surface area contributed by atoms with E-state index < -0.39 is 6.10 Å². The maximum absolute atomic E-state index is 13.2. The second-order valence-electron chi connectivity index (χ2n) is 4.42. The summed E-state index contributed by atoms with van der Waals surface area (Å²) >= 11 is 12.1. The van der Waals surface area contributed by atoms with Crippen molar-refractivity contribution >= 4 is 23.2 Å². The van der Waals surface area contributed by atoms with E-state index >= 15 is 0 Å². The van der Waals surface area contributed by atoms with Crippen molar-refractivity contribution in [3.05, 3.63) is 69.0 Å². The summed E-state index contributed by atoms with van der Waals surface area (Å²) in [5.41, 5.74) is 2.05. The van der Waals surface area contributed by atoms with E-state index in [0.717, 1.165) is 5.56 Å². The molecular formula is C15H13Cl2FO. The van der Waals surface area contributed by atoms with Gasteiger partial charge < -0.3 is 5.11 Å². The van der Waals surface area contributed by atoms with Gasteiger partial charge in [-0.25, -0.2) is 4.39 Å². The van der Waals surface area contributed by atoms with E-state index in [1.807, 2.05) is 6.92 Å². The van der Waals surface area contributed by atoms with Gasteiger partial charge in [0.25, 0.3) is 0 Å². The molecule has 2 rings (SSSR count). The Kier molecular flexibility index (Phi) is 4.46. The summed E-state index contributed by atoms with van der Waals surface area (Å²) in [5, 5.41) is 11.2. The van der Waals surface area contributed by atoms with Crippen LogP contribution in [0.3, 0.4) is 0 Å². The zero-order chi connectivity index (χ0) is 14.0. The van der Waals surface area contributed by atoms with Crippen molar-refractivity contribution in [2.45, 2.75) is 19.4 Å². The highest BCUT2D eigenvalue weighted by molar-refractivity contribution is 6.36. The molecule has 0 aliphatic rings. The van der Waals surface area contributed by atoms with Gasteiger partial charge in [0.05, 0.1) is 6.10 Å². The zero-order valence-corrected chi connectivity index (χ0v) is 11.8. The first-order chi connectivity index (χ1) is 8.99. The van der Waals surface area contributed by atoms with Crippen molar-refractivity contribution in [3.8, 4) is 0 Å². The average Bonchev–Trinajstić information content (AvgIpc) is 2.37. The fourth-order valence-electron chi connectivity index (χ4n) is 2.00. The number of halogens is 3. The van der Waals surface area contributed by atoms with Gasteiger partial charge in [-0.15, -0.1) is 0 Å². The fourth-order valence-corrected chi connectivity index (χ4v) is 2.55. The maximum atomic E-state index is 13.2. The molecule has 0 aliphatic heterocycles. The van der Waals surface area contributed by atoms with Gasteiger partial charge in [-0.2, -0.15) is 0 Å². The molecule has 0 saturated heterocycles. The summed E-state index contributed by atoms with van der Waals surface area (Å²) in [6, 6.07) is 9.52. The molecule has 19 heavy (non-hydrogen) atoms. The lowest BCUT2D eigenvalue weighted by molar-refractivity contribution is 0.177. The number of rotatable bonds is 3. The molecular weight excluding hydrogens is 286 g/mol. The van der Waals surface area contributed by atoms with Crippen molar-refractivity contribution in [1.29, 1.82) is 0 Å². The second kappa shape index (κ2) is 5.91. The first-order valence-electron chi connectivity index (χ1n) is 5.86. The molecule has 0 spiro atoms. The molecule has 0 amide bonds. The van der Waals surface area contributed by atoms with Gasteiger partial charge in [0.15, 0.2) is 0 Å². The van der Waals surface area contributed by atoms with Crippen molar-refractivity contribution in [1.82, 2.24) is 0 Å². The highest BCUT2D eigenvalue weighted by atomic mass is 35.5. The molecule has 0 bridgehead atoms. The van der Waals surface area contributed by atoms with Crippen LogP contribution in [0.15, 0.2) is 36.4 Å². The van der Waals surface area contributed by atoms with Crippen LogP contribution in [-0.2, 0) is 6.42 Å². The first-order valence-corrected chi connectivity index (χ1v) is 6.61. The van der Waals surface area contributed by atoms with Crippen LogP contribution < -0.4 is 0 Å². The Morgan fingerprint density at radius 2 is 1.79 bits per heavy atom. The third kappa shape index (κ3) is 3.27. The summed E-state index contributed by atoms with van der Waals surface area (Å²) in [6.45, 7) is 1.83. The van der Waals surface area contributed by atoms with E-state index in [2.05, 4.69) is 0 Å². The number of benzene rings is 2. The minimum Gasteiger partial charge on any atom is -0.388 e. The van der Waals surface area contributed by atoms with Crippen LogP contribution in [-0.4, -0.2) is 5.11 Å². The molecule has 0 aromatic heterocycles. The zero-order valence-electron chi connectivity index (χ0n) is 10.3.